The van der Waals surface area contributed by atoms with Gasteiger partial charge in [0.05, 0.1) is 16.3 Å². The van der Waals surface area contributed by atoms with Crippen molar-refractivity contribution < 1.29 is 0 Å². The molecule has 0 saturated carbocycles. The highest BCUT2D eigenvalue weighted by Gasteiger charge is 2.01. The van der Waals surface area contributed by atoms with Crippen LogP contribution in [-0.4, -0.2) is 21.1 Å². The Labute approximate surface area is 123 Å². The van der Waals surface area contributed by atoms with Crippen LogP contribution in [0.1, 0.15) is 11.3 Å². The SMILES string of the molecule is Cc1n[nH]c(=S)n(/N=C/c2ccc(Cl)c(Cl)c2)c1=O. The number of nitrogens with zero attached hydrogens (tertiary/aromatic N) is 3. The minimum Gasteiger partial charge on any atom is -0.265 e. The number of aromatic amines is 1. The van der Waals surface area contributed by atoms with Gasteiger partial charge in [0.2, 0.25) is 4.77 Å². The number of benzene rings is 1. The van der Waals surface area contributed by atoms with Gasteiger partial charge in [-0.2, -0.15) is 14.9 Å². The summed E-state index contributed by atoms with van der Waals surface area (Å²) in [6, 6.07) is 5.01. The molecule has 1 heterocycles. The molecule has 1 aromatic heterocycles. The van der Waals surface area contributed by atoms with Gasteiger partial charge in [0.25, 0.3) is 5.56 Å². The fourth-order valence-electron chi connectivity index (χ4n) is 1.29. The summed E-state index contributed by atoms with van der Waals surface area (Å²) in [7, 11) is 0. The Balaban J connectivity index is 2.43. The van der Waals surface area contributed by atoms with Crippen molar-refractivity contribution in [1.29, 1.82) is 0 Å². The molecule has 1 N–H and O–H groups in total. The third-order valence-corrected chi connectivity index (χ3v) is 3.28. The number of halogens is 2. The zero-order valence-corrected chi connectivity index (χ0v) is 12.1. The van der Waals surface area contributed by atoms with Crippen molar-refractivity contribution in [3.05, 3.63) is 54.6 Å². The number of aryl methyl sites for hydroxylation is 1. The summed E-state index contributed by atoms with van der Waals surface area (Å²) in [4.78, 5) is 11.8. The topological polar surface area (TPSA) is 63.0 Å². The molecule has 0 aliphatic heterocycles. The maximum Gasteiger partial charge on any atom is 0.296 e. The second-order valence-corrected chi connectivity index (χ2v) is 4.85. The molecule has 0 bridgehead atoms. The zero-order chi connectivity index (χ0) is 14.0. The van der Waals surface area contributed by atoms with E-state index in [1.807, 2.05) is 0 Å². The molecule has 98 valence electrons. The van der Waals surface area contributed by atoms with Crippen LogP contribution in [0.4, 0.5) is 0 Å². The molecule has 2 aromatic rings. The van der Waals surface area contributed by atoms with E-state index in [1.165, 1.54) is 6.21 Å². The highest BCUT2D eigenvalue weighted by Crippen LogP contribution is 2.21. The van der Waals surface area contributed by atoms with Crippen molar-refractivity contribution in [2.45, 2.75) is 6.92 Å². The molecule has 0 saturated heterocycles. The second kappa shape index (κ2) is 5.64. The first-order valence-corrected chi connectivity index (χ1v) is 6.33. The van der Waals surface area contributed by atoms with Crippen LogP contribution in [0.25, 0.3) is 0 Å². The van der Waals surface area contributed by atoms with Gasteiger partial charge < -0.3 is 0 Å². The van der Waals surface area contributed by atoms with Gasteiger partial charge in [-0.05, 0) is 36.8 Å². The molecule has 1 aromatic carbocycles. The Kier molecular flexibility index (Phi) is 4.14. The minimum absolute atomic E-state index is 0.118. The molecule has 0 aliphatic rings. The average Bonchev–Trinajstić information content (AvgIpc) is 2.38. The minimum atomic E-state index is -0.375. The Bertz CT molecular complexity index is 766. The molecule has 0 fully saturated rings. The zero-order valence-electron chi connectivity index (χ0n) is 9.72. The number of hydrogen-bond acceptors (Lipinski definition) is 4. The standard InChI is InChI=1S/C11H8Cl2N4OS/c1-6-10(18)17(11(19)16-15-6)14-5-7-2-3-8(12)9(13)4-7/h2-5H,1H3,(H,16,19)/b14-5+. The van der Waals surface area contributed by atoms with Crippen molar-refractivity contribution in [3.8, 4) is 0 Å². The molecule has 0 amide bonds. The van der Waals surface area contributed by atoms with Crippen molar-refractivity contribution >= 4 is 41.6 Å². The summed E-state index contributed by atoms with van der Waals surface area (Å²) < 4.78 is 1.17. The highest BCUT2D eigenvalue weighted by molar-refractivity contribution is 7.71. The molecule has 0 atom stereocenters. The first-order valence-electron chi connectivity index (χ1n) is 5.17. The number of rotatable bonds is 2. The van der Waals surface area contributed by atoms with Crippen LogP contribution in [0.3, 0.4) is 0 Å². The van der Waals surface area contributed by atoms with E-state index in [2.05, 4.69) is 15.3 Å². The molecule has 8 heteroatoms. The molecule has 0 spiro atoms. The van der Waals surface area contributed by atoms with Crippen molar-refractivity contribution in [2.75, 3.05) is 0 Å². The quantitative estimate of drug-likeness (QED) is 0.685. The van der Waals surface area contributed by atoms with E-state index >= 15 is 0 Å². The van der Waals surface area contributed by atoms with Crippen LogP contribution >= 0.6 is 35.4 Å². The van der Waals surface area contributed by atoms with Crippen LogP contribution in [-0.2, 0) is 0 Å². The van der Waals surface area contributed by atoms with E-state index in [-0.39, 0.29) is 16.0 Å². The number of nitrogens with one attached hydrogen (secondary N) is 1. The van der Waals surface area contributed by atoms with Crippen molar-refractivity contribution in [1.82, 2.24) is 14.9 Å². The summed E-state index contributed by atoms with van der Waals surface area (Å²) in [5.74, 6) is 0. The van der Waals surface area contributed by atoms with Crippen LogP contribution in [0.2, 0.25) is 10.0 Å². The van der Waals surface area contributed by atoms with Gasteiger partial charge in [-0.15, -0.1) is 0 Å². The second-order valence-electron chi connectivity index (χ2n) is 3.65. The lowest BCUT2D eigenvalue weighted by Crippen LogP contribution is -2.22. The number of H-pyrrole nitrogens is 1. The van der Waals surface area contributed by atoms with Gasteiger partial charge >= 0.3 is 0 Å². The van der Waals surface area contributed by atoms with Crippen LogP contribution in [0.15, 0.2) is 28.1 Å². The molecule has 0 aliphatic carbocycles. The third kappa shape index (κ3) is 3.09. The van der Waals surface area contributed by atoms with Gasteiger partial charge in [0.15, 0.2) is 0 Å². The number of hydrogen-bond donors (Lipinski definition) is 1. The molecular weight excluding hydrogens is 307 g/mol. The molecule has 5 nitrogen and oxygen atoms in total. The normalized spacial score (nSPS) is 11.1. The Morgan fingerprint density at radius 1 is 1.42 bits per heavy atom. The van der Waals surface area contributed by atoms with Crippen LogP contribution in [0, 0.1) is 11.7 Å². The predicted octanol–water partition coefficient (Wildman–Crippen LogP) is 2.80. The Morgan fingerprint density at radius 3 is 2.84 bits per heavy atom. The summed E-state index contributed by atoms with van der Waals surface area (Å²) in [6.07, 6.45) is 1.46. The van der Waals surface area contributed by atoms with E-state index in [9.17, 15) is 4.79 Å². The van der Waals surface area contributed by atoms with E-state index in [0.717, 1.165) is 4.68 Å². The van der Waals surface area contributed by atoms with Gasteiger partial charge in [-0.25, -0.2) is 0 Å². The van der Waals surface area contributed by atoms with Gasteiger partial charge in [-0.3, -0.25) is 9.89 Å². The monoisotopic (exact) mass is 314 g/mol. The van der Waals surface area contributed by atoms with Gasteiger partial charge in [0.1, 0.15) is 5.69 Å². The lowest BCUT2D eigenvalue weighted by Gasteiger charge is -2.00. The fourth-order valence-corrected chi connectivity index (χ4v) is 1.78. The Morgan fingerprint density at radius 2 is 2.16 bits per heavy atom. The lowest BCUT2D eigenvalue weighted by molar-refractivity contribution is 0.720. The highest BCUT2D eigenvalue weighted by atomic mass is 35.5. The molecular formula is C11H8Cl2N4OS. The first-order chi connectivity index (χ1) is 8.99. The van der Waals surface area contributed by atoms with Crippen LogP contribution < -0.4 is 5.56 Å². The summed E-state index contributed by atoms with van der Waals surface area (Å²) >= 11 is 16.6. The predicted molar refractivity (Wildman–Crippen MR) is 77.9 cm³/mol. The van der Waals surface area contributed by atoms with Gasteiger partial charge in [-0.1, -0.05) is 29.3 Å². The largest absolute Gasteiger partial charge is 0.296 e. The van der Waals surface area contributed by atoms with E-state index in [4.69, 9.17) is 35.4 Å². The van der Waals surface area contributed by atoms with E-state index in [1.54, 1.807) is 25.1 Å². The maximum atomic E-state index is 11.8. The first kappa shape index (κ1) is 13.9. The summed E-state index contributed by atoms with van der Waals surface area (Å²) in [5, 5.41) is 11.1. The summed E-state index contributed by atoms with van der Waals surface area (Å²) in [5.41, 5.74) is 0.602. The van der Waals surface area contributed by atoms with Gasteiger partial charge in [0, 0.05) is 0 Å². The van der Waals surface area contributed by atoms with E-state index < -0.39 is 0 Å². The number of aromatic nitrogens is 3. The summed E-state index contributed by atoms with van der Waals surface area (Å²) in [6.45, 7) is 1.57. The van der Waals surface area contributed by atoms with Crippen molar-refractivity contribution in [2.24, 2.45) is 5.10 Å². The average molecular weight is 315 g/mol. The third-order valence-electron chi connectivity index (χ3n) is 2.28. The van der Waals surface area contributed by atoms with Crippen molar-refractivity contribution in [3.63, 3.8) is 0 Å². The molecule has 0 radical (unpaired) electrons. The fraction of sp³-hybridized carbons (Fsp3) is 0.0909. The maximum absolute atomic E-state index is 11.8. The smallest absolute Gasteiger partial charge is 0.265 e. The molecule has 2 rings (SSSR count). The lowest BCUT2D eigenvalue weighted by atomic mass is 10.2. The Hall–Kier alpha value is -1.50. The van der Waals surface area contributed by atoms with Crippen LogP contribution in [0.5, 0.6) is 0 Å². The van der Waals surface area contributed by atoms with E-state index in [0.29, 0.717) is 15.6 Å². The molecule has 19 heavy (non-hydrogen) atoms. The molecule has 0 unspecified atom stereocenters.